The first-order chi connectivity index (χ1) is 7.28. The molecule has 0 unspecified atom stereocenters. The lowest BCUT2D eigenvalue weighted by molar-refractivity contribution is 0.00368. The maximum atomic E-state index is 11.5. The number of carbonyl (C=O) groups excluding carboxylic acids is 2. The standard InChI is InChI=1S/C11H19NO4/c1-8-5-6-12(7-8)9(13)15-10(14)16-11(2,3)4/h8H,5-7H2,1-4H3/t8-/m1/s1. The maximum absolute atomic E-state index is 11.5. The molecular formula is C11H19NO4. The molecule has 0 aliphatic carbocycles. The molecule has 0 radical (unpaired) electrons. The molecule has 16 heavy (non-hydrogen) atoms. The number of hydrogen-bond donors (Lipinski definition) is 0. The van der Waals surface area contributed by atoms with E-state index in [9.17, 15) is 9.59 Å². The Morgan fingerprint density at radius 3 is 2.38 bits per heavy atom. The molecule has 92 valence electrons. The van der Waals surface area contributed by atoms with E-state index in [2.05, 4.69) is 11.7 Å². The van der Waals surface area contributed by atoms with Gasteiger partial charge in [-0.3, -0.25) is 0 Å². The SMILES string of the molecule is C[C@@H]1CCN(C(=O)OC(=O)OC(C)(C)C)C1. The van der Waals surface area contributed by atoms with E-state index in [0.29, 0.717) is 19.0 Å². The Kier molecular flexibility index (Phi) is 3.78. The molecule has 1 fully saturated rings. The van der Waals surface area contributed by atoms with Crippen molar-refractivity contribution in [2.45, 2.75) is 39.7 Å². The second kappa shape index (κ2) is 4.72. The van der Waals surface area contributed by atoms with Crippen molar-refractivity contribution in [2.75, 3.05) is 13.1 Å². The first kappa shape index (κ1) is 12.8. The monoisotopic (exact) mass is 229 g/mol. The molecule has 1 heterocycles. The molecular weight excluding hydrogens is 210 g/mol. The fourth-order valence-electron chi connectivity index (χ4n) is 1.51. The van der Waals surface area contributed by atoms with E-state index in [1.54, 1.807) is 20.8 Å². The number of nitrogens with zero attached hydrogens (tertiary/aromatic N) is 1. The van der Waals surface area contributed by atoms with E-state index >= 15 is 0 Å². The molecule has 1 rings (SSSR count). The van der Waals surface area contributed by atoms with E-state index in [4.69, 9.17) is 4.74 Å². The Hall–Kier alpha value is -1.26. The van der Waals surface area contributed by atoms with Crippen molar-refractivity contribution >= 4 is 12.2 Å². The zero-order valence-electron chi connectivity index (χ0n) is 10.3. The van der Waals surface area contributed by atoms with Crippen LogP contribution in [0.3, 0.4) is 0 Å². The molecule has 0 aromatic carbocycles. The molecule has 1 aliphatic rings. The van der Waals surface area contributed by atoms with Crippen LogP contribution in [0.2, 0.25) is 0 Å². The summed E-state index contributed by atoms with van der Waals surface area (Å²) in [5.41, 5.74) is -0.643. The zero-order valence-corrected chi connectivity index (χ0v) is 10.3. The van der Waals surface area contributed by atoms with Crippen LogP contribution in [0.25, 0.3) is 0 Å². The molecule has 1 atom stereocenters. The second-order valence-electron chi connectivity index (χ2n) is 5.17. The Labute approximate surface area is 95.7 Å². The number of likely N-dealkylation sites (tertiary alicyclic amines) is 1. The van der Waals surface area contributed by atoms with Gasteiger partial charge in [0.15, 0.2) is 0 Å². The van der Waals surface area contributed by atoms with Crippen molar-refractivity contribution in [3.8, 4) is 0 Å². The summed E-state index contributed by atoms with van der Waals surface area (Å²) >= 11 is 0. The van der Waals surface area contributed by atoms with Gasteiger partial charge in [-0.1, -0.05) is 6.92 Å². The van der Waals surface area contributed by atoms with Crippen molar-refractivity contribution in [3.63, 3.8) is 0 Å². The summed E-state index contributed by atoms with van der Waals surface area (Å²) in [6.07, 6.45) is -0.598. The van der Waals surface area contributed by atoms with E-state index in [-0.39, 0.29) is 0 Å². The summed E-state index contributed by atoms with van der Waals surface area (Å²) in [7, 11) is 0. The Bertz CT molecular complexity index is 282. The molecule has 1 saturated heterocycles. The summed E-state index contributed by atoms with van der Waals surface area (Å²) in [5.74, 6) is 0.464. The minimum atomic E-state index is -0.933. The fourth-order valence-corrected chi connectivity index (χ4v) is 1.51. The molecule has 0 saturated carbocycles. The van der Waals surface area contributed by atoms with Gasteiger partial charge in [0.2, 0.25) is 0 Å². The van der Waals surface area contributed by atoms with Gasteiger partial charge in [0.1, 0.15) is 5.60 Å². The summed E-state index contributed by atoms with van der Waals surface area (Å²) in [4.78, 5) is 24.2. The number of hydrogen-bond acceptors (Lipinski definition) is 4. The molecule has 1 aliphatic heterocycles. The smallest absolute Gasteiger partial charge is 0.428 e. The third-order valence-electron chi connectivity index (χ3n) is 2.24. The van der Waals surface area contributed by atoms with Crippen LogP contribution in [0.5, 0.6) is 0 Å². The van der Waals surface area contributed by atoms with Crippen LogP contribution in [0, 0.1) is 5.92 Å². The lowest BCUT2D eigenvalue weighted by atomic mass is 10.2. The lowest BCUT2D eigenvalue weighted by Gasteiger charge is -2.20. The summed E-state index contributed by atoms with van der Waals surface area (Å²) in [6.45, 7) is 8.50. The van der Waals surface area contributed by atoms with Gasteiger partial charge in [-0.2, -0.15) is 0 Å². The van der Waals surface area contributed by atoms with Gasteiger partial charge in [0.25, 0.3) is 0 Å². The number of amides is 1. The topological polar surface area (TPSA) is 55.8 Å². The number of rotatable bonds is 0. The molecule has 1 amide bonds. The van der Waals surface area contributed by atoms with E-state index in [1.165, 1.54) is 4.90 Å². The van der Waals surface area contributed by atoms with Gasteiger partial charge >= 0.3 is 12.2 Å². The number of ether oxygens (including phenoxy) is 2. The molecule has 0 spiro atoms. The van der Waals surface area contributed by atoms with Gasteiger partial charge < -0.3 is 14.4 Å². The van der Waals surface area contributed by atoms with Crippen LogP contribution in [0.4, 0.5) is 9.59 Å². The molecule has 0 aromatic rings. The van der Waals surface area contributed by atoms with Gasteiger partial charge in [0, 0.05) is 13.1 Å². The first-order valence-electron chi connectivity index (χ1n) is 5.47. The normalized spacial score (nSPS) is 20.8. The van der Waals surface area contributed by atoms with Gasteiger partial charge in [-0.15, -0.1) is 0 Å². The Morgan fingerprint density at radius 2 is 1.94 bits per heavy atom. The second-order valence-corrected chi connectivity index (χ2v) is 5.17. The Balaban J connectivity index is 2.37. The van der Waals surface area contributed by atoms with Crippen molar-refractivity contribution in [3.05, 3.63) is 0 Å². The van der Waals surface area contributed by atoms with Crippen molar-refractivity contribution < 1.29 is 19.1 Å². The van der Waals surface area contributed by atoms with Gasteiger partial charge in [-0.25, -0.2) is 9.59 Å². The molecule has 5 heteroatoms. The van der Waals surface area contributed by atoms with Crippen LogP contribution in [-0.2, 0) is 9.47 Å². The largest absolute Gasteiger partial charge is 0.517 e. The summed E-state index contributed by atoms with van der Waals surface area (Å²) in [6, 6.07) is 0. The third-order valence-corrected chi connectivity index (χ3v) is 2.24. The summed E-state index contributed by atoms with van der Waals surface area (Å²) < 4.78 is 9.47. The predicted molar refractivity (Wildman–Crippen MR) is 58.1 cm³/mol. The fraction of sp³-hybridized carbons (Fsp3) is 0.818. The number of carbonyl (C=O) groups is 2. The minimum Gasteiger partial charge on any atom is -0.428 e. The third kappa shape index (κ3) is 4.08. The molecule has 0 bridgehead atoms. The van der Waals surface area contributed by atoms with E-state index < -0.39 is 17.8 Å². The highest BCUT2D eigenvalue weighted by Gasteiger charge is 2.28. The maximum Gasteiger partial charge on any atom is 0.517 e. The van der Waals surface area contributed by atoms with Gasteiger partial charge in [0.05, 0.1) is 0 Å². The quantitative estimate of drug-likeness (QED) is 0.472. The average molecular weight is 229 g/mol. The van der Waals surface area contributed by atoms with Crippen LogP contribution in [0.15, 0.2) is 0 Å². The van der Waals surface area contributed by atoms with Crippen molar-refractivity contribution in [2.24, 2.45) is 5.92 Å². The van der Waals surface area contributed by atoms with Gasteiger partial charge in [-0.05, 0) is 33.1 Å². The highest BCUT2D eigenvalue weighted by atomic mass is 16.8. The Morgan fingerprint density at radius 1 is 1.31 bits per heavy atom. The summed E-state index contributed by atoms with van der Waals surface area (Å²) in [5, 5.41) is 0. The predicted octanol–water partition coefficient (Wildman–Crippen LogP) is 2.40. The molecule has 0 N–H and O–H groups in total. The lowest BCUT2D eigenvalue weighted by Crippen LogP contribution is -2.33. The molecule has 5 nitrogen and oxygen atoms in total. The van der Waals surface area contributed by atoms with Crippen LogP contribution < -0.4 is 0 Å². The van der Waals surface area contributed by atoms with Crippen molar-refractivity contribution in [1.29, 1.82) is 0 Å². The molecule has 0 aromatic heterocycles. The van der Waals surface area contributed by atoms with Crippen LogP contribution >= 0.6 is 0 Å². The van der Waals surface area contributed by atoms with E-state index in [1.807, 2.05) is 0 Å². The van der Waals surface area contributed by atoms with E-state index in [0.717, 1.165) is 6.42 Å². The average Bonchev–Trinajstić information content (AvgIpc) is 2.47. The minimum absolute atomic E-state index is 0.464. The highest BCUT2D eigenvalue weighted by molar-refractivity contribution is 5.80. The van der Waals surface area contributed by atoms with Crippen molar-refractivity contribution in [1.82, 2.24) is 4.90 Å². The van der Waals surface area contributed by atoms with Crippen LogP contribution in [0.1, 0.15) is 34.1 Å². The van der Waals surface area contributed by atoms with Crippen LogP contribution in [-0.4, -0.2) is 35.8 Å². The highest BCUT2D eigenvalue weighted by Crippen LogP contribution is 2.16. The zero-order chi connectivity index (χ0) is 12.3. The first-order valence-corrected chi connectivity index (χ1v) is 5.47.